The van der Waals surface area contributed by atoms with Gasteiger partial charge in [-0.25, -0.2) is 4.79 Å². The zero-order valence-corrected chi connectivity index (χ0v) is 25.5. The normalized spacial score (nSPS) is 13.5. The molecule has 4 amide bonds. The standard InChI is InChI=1S/C29H42N8O8/c1-4-15(2)25(30)28(44)37-20(9-10-23(39)40)26(42)34-14-22(38)36-19(6-5-11-33-29(31)32)27(43)35-17-7-8-18-16(3)12-24(41)45-21(18)13-17/h7-8,12-13,15,19-20,25H,4-6,9-11,14,30H2,1-3H3,(H,34,42)(H,35,43)(H,36,38)(H,37,44)(H,39,40)(H4,31,32,33)/t15-,19-,20-,25-/m0/s1. The minimum Gasteiger partial charge on any atom is -0.481 e. The van der Waals surface area contributed by atoms with Gasteiger partial charge >= 0.3 is 11.6 Å². The Bertz CT molecular complexity index is 1460. The van der Waals surface area contributed by atoms with Gasteiger partial charge < -0.3 is 47.6 Å². The maximum absolute atomic E-state index is 13.2. The number of aryl methyl sites for hydroxylation is 1. The van der Waals surface area contributed by atoms with Gasteiger partial charge in [0.1, 0.15) is 17.7 Å². The number of hydrogen-bond acceptors (Lipinski definition) is 9. The van der Waals surface area contributed by atoms with Crippen molar-refractivity contribution in [2.45, 2.75) is 71.0 Å². The molecule has 0 bridgehead atoms. The summed E-state index contributed by atoms with van der Waals surface area (Å²) in [6.45, 7) is 5.03. The number of carbonyl (C=O) groups excluding carboxylic acids is 4. The first-order valence-corrected chi connectivity index (χ1v) is 14.5. The summed E-state index contributed by atoms with van der Waals surface area (Å²) in [5.41, 5.74) is 12.0. The summed E-state index contributed by atoms with van der Waals surface area (Å²) in [6.07, 6.45) is 0.407. The van der Waals surface area contributed by atoms with Crippen molar-refractivity contribution in [3.05, 3.63) is 40.2 Å². The van der Waals surface area contributed by atoms with E-state index in [2.05, 4.69) is 26.6 Å². The molecule has 2 aromatic rings. The molecule has 1 aromatic carbocycles. The predicted octanol–water partition coefficient (Wildman–Crippen LogP) is -0.373. The number of anilines is 1. The molecule has 4 atom stereocenters. The molecule has 0 aliphatic rings. The van der Waals surface area contributed by atoms with Gasteiger partial charge in [0.05, 0.1) is 12.6 Å². The zero-order chi connectivity index (χ0) is 33.7. The molecule has 2 rings (SSSR count). The molecule has 0 aliphatic carbocycles. The van der Waals surface area contributed by atoms with Crippen LogP contribution >= 0.6 is 0 Å². The third-order valence-electron chi connectivity index (χ3n) is 7.12. The lowest BCUT2D eigenvalue weighted by molar-refractivity contribution is -0.138. The number of aliphatic carboxylic acids is 1. The lowest BCUT2D eigenvalue weighted by Gasteiger charge is -2.23. The maximum atomic E-state index is 13.2. The number of nitrogens with one attached hydrogen (secondary N) is 6. The lowest BCUT2D eigenvalue weighted by atomic mass is 9.98. The fourth-order valence-corrected chi connectivity index (χ4v) is 4.28. The Morgan fingerprint density at radius 2 is 1.69 bits per heavy atom. The number of guanidine groups is 1. The number of hydrogen-bond donors (Lipinski definition) is 9. The maximum Gasteiger partial charge on any atom is 0.336 e. The van der Waals surface area contributed by atoms with E-state index in [-0.39, 0.29) is 36.8 Å². The van der Waals surface area contributed by atoms with E-state index in [0.29, 0.717) is 29.5 Å². The Morgan fingerprint density at radius 1 is 1.00 bits per heavy atom. The molecule has 1 heterocycles. The highest BCUT2D eigenvalue weighted by Crippen LogP contribution is 2.21. The number of carboxylic acids is 1. The van der Waals surface area contributed by atoms with Crippen molar-refractivity contribution in [2.75, 3.05) is 18.4 Å². The minimum absolute atomic E-state index is 0.123. The molecule has 11 N–H and O–H groups in total. The van der Waals surface area contributed by atoms with Crippen molar-refractivity contribution in [2.24, 2.45) is 17.4 Å². The molecule has 0 radical (unpaired) electrons. The third kappa shape index (κ3) is 11.9. The Balaban J connectivity index is 2.11. The average molecular weight is 631 g/mol. The van der Waals surface area contributed by atoms with Crippen LogP contribution in [0.5, 0.6) is 0 Å². The highest BCUT2D eigenvalue weighted by Gasteiger charge is 2.27. The molecule has 45 heavy (non-hydrogen) atoms. The van der Waals surface area contributed by atoms with Gasteiger partial charge in [0.25, 0.3) is 0 Å². The predicted molar refractivity (Wildman–Crippen MR) is 166 cm³/mol. The summed E-state index contributed by atoms with van der Waals surface area (Å²) in [6, 6.07) is 2.86. The van der Waals surface area contributed by atoms with Gasteiger partial charge in [0.2, 0.25) is 23.6 Å². The van der Waals surface area contributed by atoms with Crippen LogP contribution in [0.4, 0.5) is 5.69 Å². The summed E-state index contributed by atoms with van der Waals surface area (Å²) in [4.78, 5) is 74.3. The largest absolute Gasteiger partial charge is 0.481 e. The van der Waals surface area contributed by atoms with Gasteiger partial charge in [-0.1, -0.05) is 20.3 Å². The summed E-state index contributed by atoms with van der Waals surface area (Å²) in [5, 5.41) is 29.7. The number of benzene rings is 1. The van der Waals surface area contributed by atoms with Crippen LogP contribution in [-0.2, 0) is 24.0 Å². The van der Waals surface area contributed by atoms with Crippen molar-refractivity contribution < 1.29 is 33.5 Å². The van der Waals surface area contributed by atoms with Gasteiger partial charge in [-0.3, -0.25) is 29.4 Å². The van der Waals surface area contributed by atoms with E-state index >= 15 is 0 Å². The third-order valence-corrected chi connectivity index (χ3v) is 7.12. The van der Waals surface area contributed by atoms with Gasteiger partial charge in [-0.15, -0.1) is 0 Å². The summed E-state index contributed by atoms with van der Waals surface area (Å²) in [5.74, 6) is -4.38. The van der Waals surface area contributed by atoms with Crippen LogP contribution in [0.3, 0.4) is 0 Å². The van der Waals surface area contributed by atoms with Crippen molar-refractivity contribution in [1.29, 1.82) is 5.41 Å². The molecule has 0 saturated carbocycles. The van der Waals surface area contributed by atoms with Crippen molar-refractivity contribution >= 4 is 52.2 Å². The smallest absolute Gasteiger partial charge is 0.336 e. The van der Waals surface area contributed by atoms with Crippen molar-refractivity contribution in [1.82, 2.24) is 21.3 Å². The van der Waals surface area contributed by atoms with E-state index in [4.69, 9.17) is 26.4 Å². The Hall–Kier alpha value is -4.99. The number of rotatable bonds is 17. The second-order valence-electron chi connectivity index (χ2n) is 10.7. The number of carbonyl (C=O) groups is 5. The molecule has 0 unspecified atom stereocenters. The molecule has 246 valence electrons. The highest BCUT2D eigenvalue weighted by atomic mass is 16.4. The monoisotopic (exact) mass is 630 g/mol. The first-order chi connectivity index (χ1) is 21.2. The first-order valence-electron chi connectivity index (χ1n) is 14.5. The molecule has 16 nitrogen and oxygen atoms in total. The van der Waals surface area contributed by atoms with Crippen LogP contribution in [0.2, 0.25) is 0 Å². The molecule has 0 spiro atoms. The van der Waals surface area contributed by atoms with E-state index in [1.807, 2.05) is 6.92 Å². The van der Waals surface area contributed by atoms with Crippen LogP contribution in [0.15, 0.2) is 33.5 Å². The molecular formula is C29H42N8O8. The molecular weight excluding hydrogens is 588 g/mol. The summed E-state index contributed by atoms with van der Waals surface area (Å²) >= 11 is 0. The van der Waals surface area contributed by atoms with Crippen LogP contribution in [0.25, 0.3) is 11.0 Å². The highest BCUT2D eigenvalue weighted by molar-refractivity contribution is 5.99. The number of carboxylic acid groups (broad SMARTS) is 1. The van der Waals surface area contributed by atoms with E-state index in [1.54, 1.807) is 26.0 Å². The molecule has 0 aliphatic heterocycles. The van der Waals surface area contributed by atoms with Gasteiger partial charge in [-0.05, 0) is 49.8 Å². The van der Waals surface area contributed by atoms with Crippen LogP contribution in [0.1, 0.15) is 51.5 Å². The van der Waals surface area contributed by atoms with Gasteiger partial charge in [0, 0.05) is 36.2 Å². The topological polar surface area (TPSA) is 272 Å². The van der Waals surface area contributed by atoms with Crippen LogP contribution < -0.4 is 43.7 Å². The Labute approximate surface area is 259 Å². The number of fused-ring (bicyclic) bond motifs is 1. The van der Waals surface area contributed by atoms with Gasteiger partial charge in [-0.2, -0.15) is 0 Å². The number of nitrogens with two attached hydrogens (primary N) is 2. The Kier molecular flexibility index (Phi) is 14.0. The first kappa shape index (κ1) is 36.2. The van der Waals surface area contributed by atoms with E-state index in [9.17, 15) is 28.8 Å². The van der Waals surface area contributed by atoms with Crippen molar-refractivity contribution in [3.8, 4) is 0 Å². The SMILES string of the molecule is CC[C@H](C)[C@H](N)C(=O)N[C@@H](CCC(=O)O)C(=O)NCC(=O)N[C@@H](CCCNC(=N)N)C(=O)Nc1ccc2c(C)cc(=O)oc2c1. The van der Waals surface area contributed by atoms with Crippen LogP contribution in [0, 0.1) is 18.3 Å². The summed E-state index contributed by atoms with van der Waals surface area (Å²) < 4.78 is 5.23. The van der Waals surface area contributed by atoms with Crippen molar-refractivity contribution in [3.63, 3.8) is 0 Å². The second kappa shape index (κ2) is 17.3. The van der Waals surface area contributed by atoms with E-state index in [1.165, 1.54) is 12.1 Å². The minimum atomic E-state index is -1.26. The molecule has 0 saturated heterocycles. The zero-order valence-electron chi connectivity index (χ0n) is 25.5. The lowest BCUT2D eigenvalue weighted by Crippen LogP contribution is -2.54. The van der Waals surface area contributed by atoms with E-state index < -0.39 is 66.3 Å². The fourth-order valence-electron chi connectivity index (χ4n) is 4.28. The van der Waals surface area contributed by atoms with Crippen LogP contribution in [-0.4, -0.2) is 71.9 Å². The number of amides is 4. The second-order valence-corrected chi connectivity index (χ2v) is 10.7. The quantitative estimate of drug-likeness (QED) is 0.0470. The Morgan fingerprint density at radius 3 is 2.33 bits per heavy atom. The van der Waals surface area contributed by atoms with E-state index in [0.717, 1.165) is 0 Å². The molecule has 0 fully saturated rings. The summed E-state index contributed by atoms with van der Waals surface area (Å²) in [7, 11) is 0. The van der Waals surface area contributed by atoms with Gasteiger partial charge in [0.15, 0.2) is 5.96 Å². The average Bonchev–Trinajstić information content (AvgIpc) is 2.97. The molecule has 1 aromatic heterocycles. The molecule has 16 heteroatoms. The fraction of sp³-hybridized carbons (Fsp3) is 0.483.